The van der Waals surface area contributed by atoms with Crippen LogP contribution in [0.15, 0.2) is 0 Å². The number of nitriles is 1. The fourth-order valence-corrected chi connectivity index (χ4v) is 2.14. The van der Waals surface area contributed by atoms with Crippen LogP contribution in [0.4, 0.5) is 0 Å². The molecule has 2 unspecified atom stereocenters. The summed E-state index contributed by atoms with van der Waals surface area (Å²) in [6.07, 6.45) is 3.67. The summed E-state index contributed by atoms with van der Waals surface area (Å²) in [4.78, 5) is 2.42. The molecule has 1 aliphatic heterocycles. The van der Waals surface area contributed by atoms with Crippen LogP contribution in [0.25, 0.3) is 0 Å². The van der Waals surface area contributed by atoms with Crippen molar-refractivity contribution in [3.63, 3.8) is 0 Å². The Kier molecular flexibility index (Phi) is 5.67. The lowest BCUT2D eigenvalue weighted by molar-refractivity contribution is 0.301. The third-order valence-electron chi connectivity index (χ3n) is 3.18. The van der Waals surface area contributed by atoms with Crippen molar-refractivity contribution >= 4 is 0 Å². The Balaban J connectivity index is 2.24. The fourth-order valence-electron chi connectivity index (χ4n) is 2.14. The third-order valence-corrected chi connectivity index (χ3v) is 3.18. The van der Waals surface area contributed by atoms with Gasteiger partial charge >= 0.3 is 0 Å². The molecule has 0 aromatic carbocycles. The lowest BCUT2D eigenvalue weighted by atomic mass is 10.1. The van der Waals surface area contributed by atoms with Gasteiger partial charge in [0, 0.05) is 13.1 Å². The van der Waals surface area contributed by atoms with E-state index in [0.717, 1.165) is 25.4 Å². The van der Waals surface area contributed by atoms with E-state index in [-0.39, 0.29) is 6.04 Å². The summed E-state index contributed by atoms with van der Waals surface area (Å²) >= 11 is 0. The lowest BCUT2D eigenvalue weighted by Crippen LogP contribution is -2.39. The number of rotatable bonds is 6. The zero-order chi connectivity index (χ0) is 11.1. The van der Waals surface area contributed by atoms with Crippen molar-refractivity contribution in [3.8, 4) is 6.07 Å². The predicted molar refractivity (Wildman–Crippen MR) is 62.5 cm³/mol. The van der Waals surface area contributed by atoms with Gasteiger partial charge < -0.3 is 10.2 Å². The van der Waals surface area contributed by atoms with Gasteiger partial charge in [-0.3, -0.25) is 0 Å². The third kappa shape index (κ3) is 4.19. The monoisotopic (exact) mass is 209 g/mol. The average Bonchev–Trinajstić information content (AvgIpc) is 2.71. The molecule has 3 nitrogen and oxygen atoms in total. The van der Waals surface area contributed by atoms with Crippen LogP contribution in [-0.2, 0) is 0 Å². The molecule has 0 amide bonds. The number of likely N-dealkylation sites (tertiary alicyclic amines) is 1. The highest BCUT2D eigenvalue weighted by atomic mass is 15.2. The van der Waals surface area contributed by atoms with Gasteiger partial charge in [0.1, 0.15) is 6.04 Å². The molecule has 0 radical (unpaired) electrons. The molecule has 0 aromatic rings. The normalized spacial score (nSPS) is 23.9. The van der Waals surface area contributed by atoms with E-state index in [1.807, 2.05) is 0 Å². The SMILES string of the molecule is CCCNC(C#N)CN1CCC(CC)C1. The van der Waals surface area contributed by atoms with Crippen LogP contribution in [0.2, 0.25) is 0 Å². The summed E-state index contributed by atoms with van der Waals surface area (Å²) < 4.78 is 0. The highest BCUT2D eigenvalue weighted by Gasteiger charge is 2.22. The summed E-state index contributed by atoms with van der Waals surface area (Å²) in [7, 11) is 0. The Labute approximate surface area is 93.5 Å². The van der Waals surface area contributed by atoms with Crippen LogP contribution in [0, 0.1) is 17.2 Å². The van der Waals surface area contributed by atoms with Gasteiger partial charge in [-0.2, -0.15) is 5.26 Å². The molecule has 1 rings (SSSR count). The first-order chi connectivity index (χ1) is 7.30. The van der Waals surface area contributed by atoms with Crippen molar-refractivity contribution in [2.75, 3.05) is 26.2 Å². The van der Waals surface area contributed by atoms with E-state index in [1.54, 1.807) is 0 Å². The summed E-state index contributed by atoms with van der Waals surface area (Å²) in [5.41, 5.74) is 0. The number of nitrogens with zero attached hydrogens (tertiary/aromatic N) is 2. The molecule has 1 saturated heterocycles. The summed E-state index contributed by atoms with van der Waals surface area (Å²) in [6, 6.07) is 2.36. The molecule has 15 heavy (non-hydrogen) atoms. The largest absolute Gasteiger partial charge is 0.301 e. The number of hydrogen-bond acceptors (Lipinski definition) is 3. The molecule has 1 heterocycles. The van der Waals surface area contributed by atoms with Crippen molar-refractivity contribution in [1.29, 1.82) is 5.26 Å². The Bertz CT molecular complexity index is 209. The van der Waals surface area contributed by atoms with Crippen LogP contribution in [0.1, 0.15) is 33.1 Å². The Morgan fingerprint density at radius 1 is 1.53 bits per heavy atom. The van der Waals surface area contributed by atoms with Crippen LogP contribution in [-0.4, -0.2) is 37.1 Å². The van der Waals surface area contributed by atoms with Gasteiger partial charge in [0.15, 0.2) is 0 Å². The molecule has 0 saturated carbocycles. The van der Waals surface area contributed by atoms with Crippen molar-refractivity contribution < 1.29 is 0 Å². The molecule has 1 fully saturated rings. The van der Waals surface area contributed by atoms with E-state index >= 15 is 0 Å². The minimum absolute atomic E-state index is 0.0144. The summed E-state index contributed by atoms with van der Waals surface area (Å²) in [6.45, 7) is 8.58. The molecule has 86 valence electrons. The Morgan fingerprint density at radius 2 is 2.33 bits per heavy atom. The average molecular weight is 209 g/mol. The Hall–Kier alpha value is -0.590. The molecule has 0 aromatic heterocycles. The van der Waals surface area contributed by atoms with Gasteiger partial charge in [0.2, 0.25) is 0 Å². The van der Waals surface area contributed by atoms with E-state index in [2.05, 4.69) is 30.1 Å². The van der Waals surface area contributed by atoms with E-state index < -0.39 is 0 Å². The number of hydrogen-bond donors (Lipinski definition) is 1. The second-order valence-electron chi connectivity index (χ2n) is 4.46. The predicted octanol–water partition coefficient (Wildman–Crippen LogP) is 1.61. The lowest BCUT2D eigenvalue weighted by Gasteiger charge is -2.19. The molecule has 1 aliphatic rings. The van der Waals surface area contributed by atoms with Crippen molar-refractivity contribution in [2.45, 2.75) is 39.2 Å². The van der Waals surface area contributed by atoms with Crippen LogP contribution >= 0.6 is 0 Å². The van der Waals surface area contributed by atoms with Gasteiger partial charge in [-0.05, 0) is 31.8 Å². The first-order valence-corrected chi connectivity index (χ1v) is 6.15. The quantitative estimate of drug-likeness (QED) is 0.722. The molecule has 0 bridgehead atoms. The molecule has 1 N–H and O–H groups in total. The minimum Gasteiger partial charge on any atom is -0.301 e. The van der Waals surface area contributed by atoms with Crippen molar-refractivity contribution in [3.05, 3.63) is 0 Å². The zero-order valence-corrected chi connectivity index (χ0v) is 10.00. The van der Waals surface area contributed by atoms with Crippen LogP contribution in [0.3, 0.4) is 0 Å². The van der Waals surface area contributed by atoms with E-state index in [1.165, 1.54) is 25.9 Å². The molecule has 0 spiro atoms. The van der Waals surface area contributed by atoms with Gasteiger partial charge in [-0.25, -0.2) is 0 Å². The maximum Gasteiger partial charge on any atom is 0.108 e. The molecular formula is C12H23N3. The maximum absolute atomic E-state index is 9.00. The first-order valence-electron chi connectivity index (χ1n) is 6.15. The van der Waals surface area contributed by atoms with E-state index in [0.29, 0.717) is 0 Å². The van der Waals surface area contributed by atoms with Crippen LogP contribution in [0.5, 0.6) is 0 Å². The first kappa shape index (κ1) is 12.5. The zero-order valence-electron chi connectivity index (χ0n) is 10.00. The molecule has 3 heteroatoms. The fraction of sp³-hybridized carbons (Fsp3) is 0.917. The highest BCUT2D eigenvalue weighted by molar-refractivity contribution is 4.93. The van der Waals surface area contributed by atoms with Crippen molar-refractivity contribution in [1.82, 2.24) is 10.2 Å². The van der Waals surface area contributed by atoms with Gasteiger partial charge in [0.25, 0.3) is 0 Å². The minimum atomic E-state index is 0.0144. The van der Waals surface area contributed by atoms with E-state index in [9.17, 15) is 0 Å². The molecule has 2 atom stereocenters. The summed E-state index contributed by atoms with van der Waals surface area (Å²) in [5, 5.41) is 12.3. The van der Waals surface area contributed by atoms with Gasteiger partial charge in [0.05, 0.1) is 6.07 Å². The van der Waals surface area contributed by atoms with Crippen LogP contribution < -0.4 is 5.32 Å². The smallest absolute Gasteiger partial charge is 0.108 e. The molecule has 0 aliphatic carbocycles. The van der Waals surface area contributed by atoms with Crippen molar-refractivity contribution in [2.24, 2.45) is 5.92 Å². The van der Waals surface area contributed by atoms with Gasteiger partial charge in [-0.1, -0.05) is 20.3 Å². The Morgan fingerprint density at radius 3 is 2.87 bits per heavy atom. The second kappa shape index (κ2) is 6.81. The highest BCUT2D eigenvalue weighted by Crippen LogP contribution is 2.18. The standard InChI is InChI=1S/C12H23N3/c1-3-6-14-12(8-13)10-15-7-5-11(4-2)9-15/h11-12,14H,3-7,9-10H2,1-2H3. The van der Waals surface area contributed by atoms with E-state index in [4.69, 9.17) is 5.26 Å². The second-order valence-corrected chi connectivity index (χ2v) is 4.46. The van der Waals surface area contributed by atoms with Gasteiger partial charge in [-0.15, -0.1) is 0 Å². The summed E-state index contributed by atoms with van der Waals surface area (Å²) in [5.74, 6) is 0.857. The molecular weight excluding hydrogens is 186 g/mol. The maximum atomic E-state index is 9.00. The topological polar surface area (TPSA) is 39.1 Å². The number of nitrogens with one attached hydrogen (secondary N) is 1.